The minimum absolute atomic E-state index is 0.140. The molecule has 1 saturated carbocycles. The summed E-state index contributed by atoms with van der Waals surface area (Å²) in [6, 6.07) is 6.34. The van der Waals surface area contributed by atoms with Crippen molar-refractivity contribution in [2.45, 2.75) is 58.5 Å². The number of aryl methyl sites for hydroxylation is 4. The van der Waals surface area contributed by atoms with Crippen LogP contribution in [0.15, 0.2) is 24.4 Å². The van der Waals surface area contributed by atoms with Gasteiger partial charge in [0.1, 0.15) is 5.02 Å². The minimum atomic E-state index is -0.140. The summed E-state index contributed by atoms with van der Waals surface area (Å²) in [7, 11) is 1.89. The number of aliphatic hydroxyl groups excluding tert-OH is 1. The molecule has 0 saturated heterocycles. The molecule has 1 fully saturated rings. The number of aromatic nitrogens is 4. The first kappa shape index (κ1) is 21.6. The smallest absolute Gasteiger partial charge is 0.229 e. The second-order valence-corrected chi connectivity index (χ2v) is 8.87. The van der Waals surface area contributed by atoms with E-state index < -0.39 is 0 Å². The van der Waals surface area contributed by atoms with Crippen LogP contribution in [0.5, 0.6) is 0 Å². The van der Waals surface area contributed by atoms with Gasteiger partial charge in [-0.2, -0.15) is 10.1 Å². The van der Waals surface area contributed by atoms with E-state index in [0.29, 0.717) is 28.5 Å². The van der Waals surface area contributed by atoms with Crippen molar-refractivity contribution in [2.24, 2.45) is 7.05 Å². The van der Waals surface area contributed by atoms with Crippen molar-refractivity contribution in [1.82, 2.24) is 19.7 Å². The zero-order valence-electron chi connectivity index (χ0n) is 18.4. The number of halogens is 1. The molecule has 1 aromatic carbocycles. The highest BCUT2D eigenvalue weighted by molar-refractivity contribution is 6.32. The fraction of sp³-hybridized carbons (Fsp3) is 0.435. The number of benzene rings is 1. The third kappa shape index (κ3) is 4.83. The van der Waals surface area contributed by atoms with Crippen molar-refractivity contribution in [1.29, 1.82) is 0 Å². The second kappa shape index (κ2) is 8.85. The molecule has 1 aliphatic carbocycles. The van der Waals surface area contributed by atoms with Gasteiger partial charge in [-0.15, -0.1) is 0 Å². The van der Waals surface area contributed by atoms with E-state index in [1.807, 2.05) is 20.0 Å². The molecule has 0 bridgehead atoms. The van der Waals surface area contributed by atoms with Crippen LogP contribution < -0.4 is 10.6 Å². The number of aliphatic hydroxyl groups is 1. The van der Waals surface area contributed by atoms with Crippen LogP contribution in [0.2, 0.25) is 5.02 Å². The van der Waals surface area contributed by atoms with E-state index in [2.05, 4.69) is 51.7 Å². The molecule has 4 rings (SSSR count). The van der Waals surface area contributed by atoms with Gasteiger partial charge in [0.25, 0.3) is 0 Å². The Morgan fingerprint density at radius 3 is 2.45 bits per heavy atom. The van der Waals surface area contributed by atoms with E-state index >= 15 is 0 Å². The average molecular weight is 441 g/mol. The monoisotopic (exact) mass is 440 g/mol. The van der Waals surface area contributed by atoms with E-state index in [-0.39, 0.29) is 6.10 Å². The van der Waals surface area contributed by atoms with Gasteiger partial charge in [-0.3, -0.25) is 4.68 Å². The first-order valence-corrected chi connectivity index (χ1v) is 11.0. The maximum atomic E-state index is 9.81. The van der Waals surface area contributed by atoms with Crippen molar-refractivity contribution >= 4 is 34.9 Å². The van der Waals surface area contributed by atoms with Gasteiger partial charge in [0.2, 0.25) is 5.95 Å². The highest BCUT2D eigenvalue weighted by atomic mass is 35.5. The van der Waals surface area contributed by atoms with Crippen LogP contribution in [0.4, 0.5) is 23.3 Å². The van der Waals surface area contributed by atoms with Crippen LogP contribution in [0.3, 0.4) is 0 Å². The molecule has 0 atom stereocenters. The van der Waals surface area contributed by atoms with Gasteiger partial charge in [-0.25, -0.2) is 4.98 Å². The van der Waals surface area contributed by atoms with Gasteiger partial charge >= 0.3 is 0 Å². The molecule has 0 radical (unpaired) electrons. The summed E-state index contributed by atoms with van der Waals surface area (Å²) in [5, 5.41) is 21.1. The highest BCUT2D eigenvalue weighted by Gasteiger charge is 2.22. The maximum absolute atomic E-state index is 9.81. The number of rotatable bonds is 5. The fourth-order valence-corrected chi connectivity index (χ4v) is 4.32. The third-order valence-electron chi connectivity index (χ3n) is 6.10. The minimum Gasteiger partial charge on any atom is -0.393 e. The number of anilines is 4. The molecule has 7 nitrogen and oxygen atoms in total. The quantitative estimate of drug-likeness (QED) is 0.499. The summed E-state index contributed by atoms with van der Waals surface area (Å²) in [6.07, 6.45) is 5.28. The summed E-state index contributed by atoms with van der Waals surface area (Å²) in [4.78, 5) is 8.89. The van der Waals surface area contributed by atoms with Crippen LogP contribution in [-0.4, -0.2) is 31.0 Å². The van der Waals surface area contributed by atoms with Gasteiger partial charge in [-0.1, -0.05) is 17.7 Å². The van der Waals surface area contributed by atoms with Crippen LogP contribution in [0, 0.1) is 20.8 Å². The molecule has 1 aliphatic rings. The molecular formula is C23H29ClN6O. The molecule has 8 heteroatoms. The lowest BCUT2D eigenvalue weighted by Gasteiger charge is -2.27. The summed E-state index contributed by atoms with van der Waals surface area (Å²) in [6.45, 7) is 6.22. The normalized spacial score (nSPS) is 18.8. The van der Waals surface area contributed by atoms with Crippen LogP contribution in [-0.2, 0) is 7.05 Å². The first-order valence-electron chi connectivity index (χ1n) is 10.7. The molecule has 0 spiro atoms. The second-order valence-electron chi connectivity index (χ2n) is 8.46. The predicted octanol–water partition coefficient (Wildman–Crippen LogP) is 5.29. The van der Waals surface area contributed by atoms with Crippen LogP contribution in [0.1, 0.15) is 54.0 Å². The van der Waals surface area contributed by atoms with Gasteiger partial charge < -0.3 is 15.7 Å². The Hall–Kier alpha value is -2.64. The third-order valence-corrected chi connectivity index (χ3v) is 6.38. The van der Waals surface area contributed by atoms with Gasteiger partial charge in [-0.05, 0) is 75.1 Å². The van der Waals surface area contributed by atoms with Crippen LogP contribution in [0.25, 0.3) is 0 Å². The lowest BCUT2D eigenvalue weighted by molar-refractivity contribution is 0.122. The lowest BCUT2D eigenvalue weighted by Crippen LogP contribution is -2.17. The Balaban J connectivity index is 1.54. The SMILES string of the molecule is Cc1cc([C@H]2CC[C@H](O)CC2)c(C)cc1Nc1ncc(Cl)c(Nc2cc(C)n(C)n2)n1. The zero-order chi connectivity index (χ0) is 22.1. The van der Waals surface area contributed by atoms with Crippen molar-refractivity contribution in [3.05, 3.63) is 51.8 Å². The summed E-state index contributed by atoms with van der Waals surface area (Å²) >= 11 is 6.30. The maximum Gasteiger partial charge on any atom is 0.229 e. The number of hydrogen-bond acceptors (Lipinski definition) is 6. The zero-order valence-corrected chi connectivity index (χ0v) is 19.2. The van der Waals surface area contributed by atoms with Gasteiger partial charge in [0.15, 0.2) is 11.6 Å². The van der Waals surface area contributed by atoms with Gasteiger partial charge in [0.05, 0.1) is 12.3 Å². The Morgan fingerprint density at radius 1 is 1.03 bits per heavy atom. The molecule has 3 N–H and O–H groups in total. The highest BCUT2D eigenvalue weighted by Crippen LogP contribution is 2.37. The molecule has 2 heterocycles. The Kier molecular flexibility index (Phi) is 6.16. The van der Waals surface area contributed by atoms with E-state index in [1.54, 1.807) is 10.9 Å². The van der Waals surface area contributed by atoms with Crippen molar-refractivity contribution < 1.29 is 5.11 Å². The summed E-state index contributed by atoms with van der Waals surface area (Å²) in [5.41, 5.74) is 5.76. The van der Waals surface area contributed by atoms with E-state index in [4.69, 9.17) is 11.6 Å². The summed E-state index contributed by atoms with van der Waals surface area (Å²) in [5.74, 6) is 2.17. The number of nitrogens with one attached hydrogen (secondary N) is 2. The molecule has 0 unspecified atom stereocenters. The van der Waals surface area contributed by atoms with Crippen molar-refractivity contribution in [3.63, 3.8) is 0 Å². The standard InChI is InChI=1S/C23H29ClN6O/c1-13-10-20(14(2)9-18(13)16-5-7-17(31)8-6-16)26-23-25-12-19(24)22(28-23)27-21-11-15(3)30(4)29-21/h9-12,16-17,31H,5-8H2,1-4H3,(H2,25,26,27,28,29)/t16-,17-. The van der Waals surface area contributed by atoms with E-state index in [9.17, 15) is 5.11 Å². The van der Waals surface area contributed by atoms with Gasteiger partial charge in [0, 0.05) is 24.5 Å². The predicted molar refractivity (Wildman–Crippen MR) is 125 cm³/mol. The van der Waals surface area contributed by atoms with Crippen LogP contribution >= 0.6 is 11.6 Å². The Labute approximate surface area is 187 Å². The molecule has 31 heavy (non-hydrogen) atoms. The van der Waals surface area contributed by atoms with Crippen molar-refractivity contribution in [2.75, 3.05) is 10.6 Å². The molecule has 0 aliphatic heterocycles. The fourth-order valence-electron chi connectivity index (χ4n) is 4.18. The number of hydrogen-bond donors (Lipinski definition) is 3. The first-order chi connectivity index (χ1) is 14.8. The topological polar surface area (TPSA) is 87.9 Å². The molecular weight excluding hydrogens is 412 g/mol. The molecule has 3 aromatic rings. The molecule has 164 valence electrons. The number of nitrogens with zero attached hydrogens (tertiary/aromatic N) is 4. The van der Waals surface area contributed by atoms with Crippen molar-refractivity contribution in [3.8, 4) is 0 Å². The Morgan fingerprint density at radius 2 is 1.77 bits per heavy atom. The molecule has 2 aromatic heterocycles. The Bertz CT molecular complexity index is 1070. The van der Waals surface area contributed by atoms with E-state index in [0.717, 1.165) is 42.6 Å². The largest absolute Gasteiger partial charge is 0.393 e. The lowest BCUT2D eigenvalue weighted by atomic mass is 9.80. The molecule has 0 amide bonds. The average Bonchev–Trinajstić information content (AvgIpc) is 3.05. The summed E-state index contributed by atoms with van der Waals surface area (Å²) < 4.78 is 1.79. The van der Waals surface area contributed by atoms with E-state index in [1.165, 1.54) is 11.1 Å².